The smallest absolute Gasteiger partial charge is 0.313 e. The molecule has 18 heavy (non-hydrogen) atoms. The lowest BCUT2D eigenvalue weighted by Crippen LogP contribution is -2.10. The van der Waals surface area contributed by atoms with Gasteiger partial charge in [-0.1, -0.05) is 0 Å². The maximum Gasteiger partial charge on any atom is 0.313 e. The highest BCUT2D eigenvalue weighted by Gasteiger charge is 2.11. The number of Topliss-reactive ketones (excluding diaryl/α,β-unsaturated/α-hetero) is 2. The number of esters is 2. The van der Waals surface area contributed by atoms with Crippen LogP contribution >= 0.6 is 0 Å². The van der Waals surface area contributed by atoms with Crippen LogP contribution in [0.5, 0.6) is 0 Å². The van der Waals surface area contributed by atoms with Gasteiger partial charge in [-0.2, -0.15) is 0 Å². The summed E-state index contributed by atoms with van der Waals surface area (Å²) in [6, 6.07) is 0. The number of ketones is 2. The summed E-state index contributed by atoms with van der Waals surface area (Å²) in [5.74, 6) is -1.52. The third-order valence-corrected chi connectivity index (χ3v) is 2.30. The predicted molar refractivity (Wildman–Crippen MR) is 61.7 cm³/mol. The molecule has 0 spiro atoms. The molecule has 0 aliphatic rings. The van der Waals surface area contributed by atoms with Crippen molar-refractivity contribution in [2.45, 2.75) is 38.5 Å². The van der Waals surface area contributed by atoms with Crippen LogP contribution < -0.4 is 0 Å². The molecule has 0 aliphatic heterocycles. The molecule has 0 aromatic rings. The number of rotatable bonds is 9. The Morgan fingerprint density at radius 2 is 1.06 bits per heavy atom. The van der Waals surface area contributed by atoms with Crippen molar-refractivity contribution in [2.24, 2.45) is 0 Å². The summed E-state index contributed by atoms with van der Waals surface area (Å²) in [6.45, 7) is 0. The summed E-state index contributed by atoms with van der Waals surface area (Å²) >= 11 is 0. The molecule has 102 valence electrons. The van der Waals surface area contributed by atoms with E-state index in [1.807, 2.05) is 0 Å². The molecular weight excluding hydrogens is 240 g/mol. The van der Waals surface area contributed by atoms with Crippen molar-refractivity contribution in [1.29, 1.82) is 0 Å². The average molecular weight is 258 g/mol. The quantitative estimate of drug-likeness (QED) is 0.345. The largest absolute Gasteiger partial charge is 0.469 e. The van der Waals surface area contributed by atoms with Crippen LogP contribution in [0.1, 0.15) is 38.5 Å². The van der Waals surface area contributed by atoms with E-state index in [0.717, 1.165) is 0 Å². The Bertz CT molecular complexity index is 289. The Labute approximate surface area is 106 Å². The molecule has 0 bridgehead atoms. The van der Waals surface area contributed by atoms with Crippen LogP contribution in [0.25, 0.3) is 0 Å². The van der Waals surface area contributed by atoms with Crippen LogP contribution in [-0.4, -0.2) is 37.7 Å². The number of carbonyl (C=O) groups is 4. The molecule has 0 N–H and O–H groups in total. The summed E-state index contributed by atoms with van der Waals surface area (Å²) in [7, 11) is 2.45. The van der Waals surface area contributed by atoms with Gasteiger partial charge in [-0.3, -0.25) is 19.2 Å². The average Bonchev–Trinajstić information content (AvgIpc) is 2.34. The zero-order valence-corrected chi connectivity index (χ0v) is 10.7. The zero-order chi connectivity index (χ0) is 14.0. The topological polar surface area (TPSA) is 86.7 Å². The van der Waals surface area contributed by atoms with Crippen molar-refractivity contribution in [1.82, 2.24) is 0 Å². The molecule has 0 heterocycles. The van der Waals surface area contributed by atoms with Gasteiger partial charge in [0, 0.05) is 12.8 Å². The van der Waals surface area contributed by atoms with Gasteiger partial charge in [0.05, 0.1) is 14.2 Å². The highest BCUT2D eigenvalue weighted by atomic mass is 16.5. The molecule has 0 unspecified atom stereocenters. The lowest BCUT2D eigenvalue weighted by Gasteiger charge is -2.01. The van der Waals surface area contributed by atoms with Gasteiger partial charge < -0.3 is 9.47 Å². The maximum absolute atomic E-state index is 11.2. The van der Waals surface area contributed by atoms with Crippen molar-refractivity contribution >= 4 is 23.5 Å². The molecular formula is C12H18O6. The molecule has 0 aromatic heterocycles. The fourth-order valence-electron chi connectivity index (χ4n) is 1.29. The van der Waals surface area contributed by atoms with Gasteiger partial charge in [0.15, 0.2) is 0 Å². The predicted octanol–water partition coefficient (Wildman–Crippen LogP) is 0.811. The molecule has 6 nitrogen and oxygen atoms in total. The van der Waals surface area contributed by atoms with Crippen LogP contribution in [0.3, 0.4) is 0 Å². The third kappa shape index (κ3) is 8.43. The fourth-order valence-corrected chi connectivity index (χ4v) is 1.29. The van der Waals surface area contributed by atoms with E-state index >= 15 is 0 Å². The van der Waals surface area contributed by atoms with E-state index in [0.29, 0.717) is 12.8 Å². The minimum Gasteiger partial charge on any atom is -0.469 e. The van der Waals surface area contributed by atoms with Crippen LogP contribution in [0, 0.1) is 0 Å². The summed E-state index contributed by atoms with van der Waals surface area (Å²) in [5, 5.41) is 0. The number of hydrogen-bond acceptors (Lipinski definition) is 6. The van der Waals surface area contributed by atoms with Gasteiger partial charge >= 0.3 is 11.9 Å². The van der Waals surface area contributed by atoms with E-state index in [1.165, 1.54) is 14.2 Å². The molecule has 0 atom stereocenters. The lowest BCUT2D eigenvalue weighted by atomic mass is 10.1. The molecule has 0 amide bonds. The summed E-state index contributed by atoms with van der Waals surface area (Å²) < 4.78 is 8.71. The first-order valence-electron chi connectivity index (χ1n) is 5.66. The highest BCUT2D eigenvalue weighted by Crippen LogP contribution is 2.05. The fraction of sp³-hybridized carbons (Fsp3) is 0.667. The van der Waals surface area contributed by atoms with Gasteiger partial charge in [-0.15, -0.1) is 0 Å². The molecule has 0 rings (SSSR count). The first kappa shape index (κ1) is 16.3. The van der Waals surface area contributed by atoms with Crippen molar-refractivity contribution in [2.75, 3.05) is 14.2 Å². The third-order valence-electron chi connectivity index (χ3n) is 2.30. The number of methoxy groups -OCH3 is 2. The Kier molecular flexibility index (Phi) is 8.43. The van der Waals surface area contributed by atoms with E-state index in [1.54, 1.807) is 0 Å². The van der Waals surface area contributed by atoms with Crippen LogP contribution in [0.15, 0.2) is 0 Å². The Hall–Kier alpha value is -1.72. The van der Waals surface area contributed by atoms with Gasteiger partial charge in [-0.25, -0.2) is 0 Å². The van der Waals surface area contributed by atoms with Gasteiger partial charge in [0.25, 0.3) is 0 Å². The second-order valence-corrected chi connectivity index (χ2v) is 3.79. The number of ether oxygens (including phenoxy) is 2. The van der Waals surface area contributed by atoms with Crippen molar-refractivity contribution in [3.05, 3.63) is 0 Å². The van der Waals surface area contributed by atoms with Crippen LogP contribution in [-0.2, 0) is 28.7 Å². The van der Waals surface area contributed by atoms with E-state index in [-0.39, 0.29) is 37.2 Å². The molecule has 0 radical (unpaired) electrons. The maximum atomic E-state index is 11.2. The first-order valence-corrected chi connectivity index (χ1v) is 5.66. The summed E-state index contributed by atoms with van der Waals surface area (Å²) in [4.78, 5) is 44.0. The standard InChI is InChI=1S/C12H18O6/c1-17-11(15)7-9(13)5-3-4-6-10(14)8-12(16)18-2/h3-8H2,1-2H3. The molecule has 0 fully saturated rings. The second kappa shape index (κ2) is 9.32. The Balaban J connectivity index is 3.61. The van der Waals surface area contributed by atoms with Gasteiger partial charge in [-0.05, 0) is 12.8 Å². The Morgan fingerprint density at radius 3 is 1.33 bits per heavy atom. The summed E-state index contributed by atoms with van der Waals surface area (Å²) in [6.07, 6.45) is 1.05. The zero-order valence-electron chi connectivity index (χ0n) is 10.7. The van der Waals surface area contributed by atoms with Gasteiger partial charge in [0.1, 0.15) is 24.4 Å². The second-order valence-electron chi connectivity index (χ2n) is 3.79. The highest BCUT2D eigenvalue weighted by molar-refractivity contribution is 5.96. The molecule has 0 aliphatic carbocycles. The first-order chi connectivity index (χ1) is 8.49. The minimum atomic E-state index is -0.554. The van der Waals surface area contributed by atoms with Gasteiger partial charge in [0.2, 0.25) is 0 Å². The minimum absolute atomic E-state index is 0.206. The van der Waals surface area contributed by atoms with Crippen molar-refractivity contribution in [3.63, 3.8) is 0 Å². The van der Waals surface area contributed by atoms with Crippen LogP contribution in [0.4, 0.5) is 0 Å². The summed E-state index contributed by atoms with van der Waals surface area (Å²) in [5.41, 5.74) is 0. The van der Waals surface area contributed by atoms with E-state index in [2.05, 4.69) is 9.47 Å². The molecule has 6 heteroatoms. The Morgan fingerprint density at radius 1 is 0.722 bits per heavy atom. The van der Waals surface area contributed by atoms with E-state index in [4.69, 9.17) is 0 Å². The SMILES string of the molecule is COC(=O)CC(=O)CCCCC(=O)CC(=O)OC. The normalized spacial score (nSPS) is 9.67. The van der Waals surface area contributed by atoms with Crippen molar-refractivity contribution < 1.29 is 28.7 Å². The lowest BCUT2D eigenvalue weighted by molar-refractivity contribution is -0.145. The molecule has 0 aromatic carbocycles. The van der Waals surface area contributed by atoms with E-state index in [9.17, 15) is 19.2 Å². The van der Waals surface area contributed by atoms with E-state index < -0.39 is 11.9 Å². The van der Waals surface area contributed by atoms with Crippen LogP contribution in [0.2, 0.25) is 0 Å². The molecule has 0 saturated carbocycles. The monoisotopic (exact) mass is 258 g/mol. The number of carbonyl (C=O) groups excluding carboxylic acids is 4. The number of unbranched alkanes of at least 4 members (excludes halogenated alkanes) is 1. The molecule has 0 saturated heterocycles. The van der Waals surface area contributed by atoms with Crippen molar-refractivity contribution in [3.8, 4) is 0 Å². The number of hydrogen-bond donors (Lipinski definition) is 0.